The third-order valence-corrected chi connectivity index (χ3v) is 4.08. The molecule has 134 valence electrons. The molecule has 0 saturated carbocycles. The van der Waals surface area contributed by atoms with Crippen molar-refractivity contribution in [2.45, 2.75) is 19.8 Å². The van der Waals surface area contributed by atoms with Gasteiger partial charge in [0.25, 0.3) is 0 Å². The molecule has 0 aliphatic rings. The Labute approximate surface area is 146 Å². The van der Waals surface area contributed by atoms with Gasteiger partial charge in [-0.15, -0.1) is 0 Å². The van der Waals surface area contributed by atoms with Crippen LogP contribution in [0.3, 0.4) is 0 Å². The molecule has 1 amide bonds. The highest BCUT2D eigenvalue weighted by Gasteiger charge is 2.14. The van der Waals surface area contributed by atoms with Crippen LogP contribution >= 0.6 is 0 Å². The first-order valence-electron chi connectivity index (χ1n) is 7.85. The number of anilines is 1. The normalized spacial score (nSPS) is 10.9. The number of amides is 1. The average Bonchev–Trinajstić information content (AvgIpc) is 2.57. The second-order valence-corrected chi connectivity index (χ2v) is 5.85. The summed E-state index contributed by atoms with van der Waals surface area (Å²) < 4.78 is 31.6. The number of aromatic hydroxyl groups is 1. The zero-order valence-corrected chi connectivity index (χ0v) is 13.8. The summed E-state index contributed by atoms with van der Waals surface area (Å²) in [7, 11) is 0. The number of halogens is 2. The third kappa shape index (κ3) is 3.56. The molecule has 3 aromatic rings. The second kappa shape index (κ2) is 6.95. The molecule has 7 heteroatoms. The zero-order valence-electron chi connectivity index (χ0n) is 13.8. The largest absolute Gasteiger partial charge is 0.508 e. The first-order chi connectivity index (χ1) is 12.3. The van der Waals surface area contributed by atoms with E-state index in [0.717, 1.165) is 12.1 Å². The number of hydrogen-bond donors (Lipinski definition) is 2. The van der Waals surface area contributed by atoms with Gasteiger partial charge in [-0.2, -0.15) is 0 Å². The van der Waals surface area contributed by atoms with Crippen LogP contribution in [-0.2, 0) is 11.2 Å². The quantitative estimate of drug-likeness (QED) is 0.697. The van der Waals surface area contributed by atoms with Crippen molar-refractivity contribution in [2.24, 2.45) is 0 Å². The Morgan fingerprint density at radius 3 is 2.69 bits per heavy atom. The van der Waals surface area contributed by atoms with E-state index in [1.807, 2.05) is 0 Å². The number of fused-ring (bicyclic) bond motifs is 1. The molecule has 0 atom stereocenters. The van der Waals surface area contributed by atoms with Crippen molar-refractivity contribution in [3.05, 3.63) is 69.6 Å². The van der Waals surface area contributed by atoms with Crippen LogP contribution in [0.1, 0.15) is 17.5 Å². The lowest BCUT2D eigenvalue weighted by atomic mass is 10.0. The lowest BCUT2D eigenvalue weighted by molar-refractivity contribution is -0.116. The Kier molecular flexibility index (Phi) is 4.71. The fourth-order valence-corrected chi connectivity index (χ4v) is 2.71. The first-order valence-corrected chi connectivity index (χ1v) is 7.85. The van der Waals surface area contributed by atoms with Crippen LogP contribution in [0.4, 0.5) is 14.5 Å². The molecule has 3 rings (SSSR count). The van der Waals surface area contributed by atoms with Gasteiger partial charge < -0.3 is 14.8 Å². The molecular weight excluding hydrogens is 344 g/mol. The first kappa shape index (κ1) is 17.6. The summed E-state index contributed by atoms with van der Waals surface area (Å²) in [5.74, 6) is -2.15. The van der Waals surface area contributed by atoms with Crippen molar-refractivity contribution in [3.8, 4) is 5.75 Å². The number of nitrogens with one attached hydrogen (secondary N) is 1. The molecule has 0 fully saturated rings. The molecular formula is C19H15F2NO4. The van der Waals surface area contributed by atoms with Gasteiger partial charge in [-0.1, -0.05) is 0 Å². The van der Waals surface area contributed by atoms with Gasteiger partial charge in [0.15, 0.2) is 0 Å². The molecule has 0 aliphatic heterocycles. The number of carbonyl (C=O) groups is 1. The van der Waals surface area contributed by atoms with Gasteiger partial charge >= 0.3 is 5.63 Å². The van der Waals surface area contributed by atoms with Crippen molar-refractivity contribution in [2.75, 3.05) is 5.32 Å². The summed E-state index contributed by atoms with van der Waals surface area (Å²) in [5, 5.41) is 12.5. The Bertz CT molecular complexity index is 1060. The Hall–Kier alpha value is -3.22. The van der Waals surface area contributed by atoms with Crippen LogP contribution < -0.4 is 10.9 Å². The average molecular weight is 359 g/mol. The smallest absolute Gasteiger partial charge is 0.339 e. The van der Waals surface area contributed by atoms with Gasteiger partial charge in [0.1, 0.15) is 23.0 Å². The van der Waals surface area contributed by atoms with E-state index in [0.29, 0.717) is 22.6 Å². The molecule has 0 radical (unpaired) electrons. The van der Waals surface area contributed by atoms with Crippen molar-refractivity contribution in [3.63, 3.8) is 0 Å². The molecule has 0 bridgehead atoms. The second-order valence-electron chi connectivity index (χ2n) is 5.85. The van der Waals surface area contributed by atoms with Gasteiger partial charge in [-0.05, 0) is 43.2 Å². The Morgan fingerprint density at radius 1 is 1.19 bits per heavy atom. The van der Waals surface area contributed by atoms with E-state index in [1.54, 1.807) is 13.0 Å². The lowest BCUT2D eigenvalue weighted by Crippen LogP contribution is -2.17. The number of aryl methyl sites for hydroxylation is 1. The number of phenolic OH excluding ortho intramolecular Hbond substituents is 1. The predicted molar refractivity (Wildman–Crippen MR) is 92.2 cm³/mol. The van der Waals surface area contributed by atoms with E-state index in [1.165, 1.54) is 12.1 Å². The summed E-state index contributed by atoms with van der Waals surface area (Å²) in [5.41, 5.74) is 0.513. The Morgan fingerprint density at radius 2 is 1.96 bits per heavy atom. The van der Waals surface area contributed by atoms with Gasteiger partial charge in [-0.3, -0.25) is 4.79 Å². The third-order valence-electron chi connectivity index (χ3n) is 4.08. The minimum absolute atomic E-state index is 0.0199. The molecule has 2 N–H and O–H groups in total. The number of carbonyl (C=O) groups excluding carboxylic acids is 1. The minimum Gasteiger partial charge on any atom is -0.508 e. The summed E-state index contributed by atoms with van der Waals surface area (Å²) >= 11 is 0. The topological polar surface area (TPSA) is 79.5 Å². The van der Waals surface area contributed by atoms with E-state index < -0.39 is 23.2 Å². The molecule has 0 spiro atoms. The maximum Gasteiger partial charge on any atom is 0.339 e. The Balaban J connectivity index is 1.78. The molecule has 0 unspecified atom stereocenters. The van der Waals surface area contributed by atoms with E-state index in [9.17, 15) is 23.5 Å². The molecule has 0 saturated heterocycles. The molecule has 1 aromatic heterocycles. The van der Waals surface area contributed by atoms with E-state index >= 15 is 0 Å². The predicted octanol–water partition coefficient (Wildman–Crippen LogP) is 3.66. The fourth-order valence-electron chi connectivity index (χ4n) is 2.71. The minimum atomic E-state index is -0.875. The van der Waals surface area contributed by atoms with Crippen LogP contribution in [0, 0.1) is 18.6 Å². The van der Waals surface area contributed by atoms with Crippen LogP contribution in [0.15, 0.2) is 45.6 Å². The van der Waals surface area contributed by atoms with Crippen molar-refractivity contribution in [1.82, 2.24) is 0 Å². The fraction of sp³-hybridized carbons (Fsp3) is 0.158. The number of benzene rings is 2. The number of hydrogen-bond acceptors (Lipinski definition) is 4. The summed E-state index contributed by atoms with van der Waals surface area (Å²) in [6, 6.07) is 7.29. The highest BCUT2D eigenvalue weighted by molar-refractivity contribution is 5.91. The van der Waals surface area contributed by atoms with Crippen molar-refractivity contribution >= 4 is 22.6 Å². The van der Waals surface area contributed by atoms with Gasteiger partial charge in [0.05, 0.1) is 5.69 Å². The monoisotopic (exact) mass is 359 g/mol. The highest BCUT2D eigenvalue weighted by Crippen LogP contribution is 2.24. The number of rotatable bonds is 4. The number of phenols is 1. The summed E-state index contributed by atoms with van der Waals surface area (Å²) in [6.45, 7) is 1.73. The molecule has 1 heterocycles. The van der Waals surface area contributed by atoms with E-state index in [2.05, 4.69) is 5.32 Å². The van der Waals surface area contributed by atoms with Crippen LogP contribution in [-0.4, -0.2) is 11.0 Å². The maximum absolute atomic E-state index is 13.6. The van der Waals surface area contributed by atoms with Crippen molar-refractivity contribution in [1.29, 1.82) is 0 Å². The zero-order chi connectivity index (χ0) is 18.8. The van der Waals surface area contributed by atoms with Crippen LogP contribution in [0.2, 0.25) is 0 Å². The van der Waals surface area contributed by atoms with Crippen molar-refractivity contribution < 1.29 is 23.1 Å². The van der Waals surface area contributed by atoms with E-state index in [-0.39, 0.29) is 29.9 Å². The lowest BCUT2D eigenvalue weighted by Gasteiger charge is -2.09. The molecule has 2 aromatic carbocycles. The molecule has 26 heavy (non-hydrogen) atoms. The van der Waals surface area contributed by atoms with Crippen LogP contribution in [0.25, 0.3) is 11.0 Å². The summed E-state index contributed by atoms with van der Waals surface area (Å²) in [4.78, 5) is 24.2. The molecule has 5 nitrogen and oxygen atoms in total. The van der Waals surface area contributed by atoms with E-state index in [4.69, 9.17) is 4.42 Å². The molecule has 0 aliphatic carbocycles. The van der Waals surface area contributed by atoms with Gasteiger partial charge in [0.2, 0.25) is 5.91 Å². The maximum atomic E-state index is 13.6. The SMILES string of the molecule is Cc1c(CCC(=O)Nc2ccc(F)cc2F)c(=O)oc2cc(O)ccc12. The highest BCUT2D eigenvalue weighted by atomic mass is 19.1. The summed E-state index contributed by atoms with van der Waals surface area (Å²) in [6.07, 6.45) is 0.0195. The van der Waals surface area contributed by atoms with Crippen LogP contribution in [0.5, 0.6) is 5.75 Å². The van der Waals surface area contributed by atoms with Gasteiger partial charge in [-0.25, -0.2) is 13.6 Å². The standard InChI is InChI=1S/C19H15F2NO4/c1-10-13-4-3-12(23)9-17(13)26-19(25)14(10)5-7-18(24)22-16-6-2-11(20)8-15(16)21/h2-4,6,8-9,23H,5,7H2,1H3,(H,22,24). The van der Waals surface area contributed by atoms with Gasteiger partial charge in [0, 0.05) is 29.5 Å².